The zero-order chi connectivity index (χ0) is 21.6. The number of methoxy groups -OCH3 is 1. The maximum atomic E-state index is 13.3. The molecule has 31 heavy (non-hydrogen) atoms. The Bertz CT molecular complexity index is 1010. The van der Waals surface area contributed by atoms with Crippen LogP contribution in [0.1, 0.15) is 24.1 Å². The van der Waals surface area contributed by atoms with Crippen LogP contribution in [-0.2, 0) is 16.7 Å². The number of rotatable bonds is 7. The van der Waals surface area contributed by atoms with Crippen LogP contribution in [0.25, 0.3) is 11.1 Å². The molecule has 4 nitrogen and oxygen atoms in total. The van der Waals surface area contributed by atoms with Crippen LogP contribution in [0.15, 0.2) is 78.9 Å². The quantitative estimate of drug-likeness (QED) is 0.530. The predicted octanol–water partition coefficient (Wildman–Crippen LogP) is 4.90. The van der Waals surface area contributed by atoms with Crippen molar-refractivity contribution < 1.29 is 8.95 Å². The highest BCUT2D eigenvalue weighted by atomic mass is 32.2. The second-order valence-electron chi connectivity index (χ2n) is 7.81. The van der Waals surface area contributed by atoms with E-state index in [1.165, 1.54) is 5.56 Å². The van der Waals surface area contributed by atoms with Crippen molar-refractivity contribution in [3.05, 3.63) is 90.0 Å². The first-order chi connectivity index (χ1) is 15.2. The third kappa shape index (κ3) is 5.06. The van der Waals surface area contributed by atoms with Crippen LogP contribution in [0.2, 0.25) is 0 Å². The first-order valence-electron chi connectivity index (χ1n) is 10.8. The molecular weight excluding hydrogens is 404 g/mol. The monoisotopic (exact) mass is 434 g/mol. The Morgan fingerprint density at radius 2 is 1.68 bits per heavy atom. The first kappa shape index (κ1) is 21.8. The summed E-state index contributed by atoms with van der Waals surface area (Å²) >= 11 is 0. The molecule has 5 heteroatoms. The maximum Gasteiger partial charge on any atom is 0.126 e. The minimum absolute atomic E-state index is 0.277. The van der Waals surface area contributed by atoms with E-state index < -0.39 is 11.0 Å². The summed E-state index contributed by atoms with van der Waals surface area (Å²) < 4.78 is 21.0. The van der Waals surface area contributed by atoms with Crippen molar-refractivity contribution in [2.24, 2.45) is 0 Å². The van der Waals surface area contributed by atoms with E-state index in [0.29, 0.717) is 5.75 Å². The summed E-state index contributed by atoms with van der Waals surface area (Å²) in [6.07, 6.45) is 0. The Labute approximate surface area is 188 Å². The number of piperazine rings is 1. The lowest BCUT2D eigenvalue weighted by molar-refractivity contribution is 0.127. The second kappa shape index (κ2) is 10.2. The molecule has 162 valence electrons. The van der Waals surface area contributed by atoms with Gasteiger partial charge in [-0.05, 0) is 35.4 Å². The lowest BCUT2D eigenvalue weighted by Crippen LogP contribution is -2.48. The summed E-state index contributed by atoms with van der Waals surface area (Å²) in [6, 6.07) is 27.2. The van der Waals surface area contributed by atoms with E-state index in [1.54, 1.807) is 7.11 Å². The van der Waals surface area contributed by atoms with E-state index in [-0.39, 0.29) is 6.04 Å². The molecule has 2 atom stereocenters. The highest BCUT2D eigenvalue weighted by Crippen LogP contribution is 2.32. The summed E-state index contributed by atoms with van der Waals surface area (Å²) in [5, 5.41) is 0. The minimum atomic E-state index is -1.08. The number of likely N-dealkylation sites (N-methyl/N-ethyl adjacent to an activating group) is 1. The molecule has 1 aliphatic heterocycles. The van der Waals surface area contributed by atoms with Crippen molar-refractivity contribution in [1.29, 1.82) is 0 Å². The summed E-state index contributed by atoms with van der Waals surface area (Å²) in [6.45, 7) is 5.74. The van der Waals surface area contributed by atoms with Gasteiger partial charge in [0.2, 0.25) is 0 Å². The van der Waals surface area contributed by atoms with Crippen LogP contribution in [0.3, 0.4) is 0 Å². The maximum absolute atomic E-state index is 13.3. The number of benzene rings is 3. The van der Waals surface area contributed by atoms with Gasteiger partial charge in [0, 0.05) is 31.2 Å². The Morgan fingerprint density at radius 3 is 2.35 bits per heavy atom. The van der Waals surface area contributed by atoms with E-state index in [2.05, 4.69) is 58.6 Å². The topological polar surface area (TPSA) is 32.8 Å². The van der Waals surface area contributed by atoms with Gasteiger partial charge in [-0.2, -0.15) is 0 Å². The molecule has 0 saturated carbocycles. The Hall–Kier alpha value is -2.47. The van der Waals surface area contributed by atoms with Gasteiger partial charge in [0.15, 0.2) is 0 Å². The van der Waals surface area contributed by atoms with Crippen LogP contribution in [0.5, 0.6) is 5.75 Å². The van der Waals surface area contributed by atoms with Crippen LogP contribution in [0, 0.1) is 0 Å². The molecule has 4 rings (SSSR count). The van der Waals surface area contributed by atoms with Gasteiger partial charge >= 0.3 is 0 Å². The van der Waals surface area contributed by atoms with Gasteiger partial charge in [-0.15, -0.1) is 0 Å². The number of hydrogen-bond donors (Lipinski definition) is 0. The minimum Gasteiger partial charge on any atom is -0.496 e. The molecule has 0 aromatic heterocycles. The van der Waals surface area contributed by atoms with Gasteiger partial charge in [-0.3, -0.25) is 4.90 Å². The lowest BCUT2D eigenvalue weighted by Gasteiger charge is -2.40. The number of ether oxygens (including phenoxy) is 1. The van der Waals surface area contributed by atoms with Crippen LogP contribution >= 0.6 is 0 Å². The van der Waals surface area contributed by atoms with Gasteiger partial charge in [-0.25, -0.2) is 8.51 Å². The molecule has 3 aromatic rings. The van der Waals surface area contributed by atoms with Crippen molar-refractivity contribution in [2.75, 3.05) is 33.3 Å². The molecule has 0 bridgehead atoms. The molecule has 1 aliphatic rings. The Kier molecular flexibility index (Phi) is 7.17. The van der Waals surface area contributed by atoms with E-state index in [1.807, 2.05) is 36.4 Å². The third-order valence-corrected chi connectivity index (χ3v) is 7.46. The lowest BCUT2D eigenvalue weighted by atomic mass is 10.0. The Balaban J connectivity index is 1.52. The van der Waals surface area contributed by atoms with Crippen molar-refractivity contribution >= 4 is 11.0 Å². The standard InChI is InChI=1S/C26H30N2O2S/c1-3-27-16-17-28(19-25(27)23-12-8-5-9-13-23)31(29)20-21-14-15-26(30-2)24(18-21)22-10-6-4-7-11-22/h4-15,18,25H,3,16-17,19-20H2,1-2H3. The summed E-state index contributed by atoms with van der Waals surface area (Å²) in [4.78, 5) is 2.48. The smallest absolute Gasteiger partial charge is 0.126 e. The van der Waals surface area contributed by atoms with Gasteiger partial charge in [0.05, 0.1) is 23.8 Å². The predicted molar refractivity (Wildman–Crippen MR) is 128 cm³/mol. The summed E-state index contributed by atoms with van der Waals surface area (Å²) in [7, 11) is 0.615. The van der Waals surface area contributed by atoms with E-state index in [9.17, 15) is 4.21 Å². The zero-order valence-electron chi connectivity index (χ0n) is 18.2. The van der Waals surface area contributed by atoms with Crippen molar-refractivity contribution in [3.8, 4) is 16.9 Å². The molecule has 0 radical (unpaired) electrons. The molecule has 0 N–H and O–H groups in total. The molecule has 1 saturated heterocycles. The third-order valence-electron chi connectivity index (χ3n) is 5.97. The molecular formula is C26H30N2O2S. The molecule has 0 amide bonds. The fraction of sp³-hybridized carbons (Fsp3) is 0.308. The van der Waals surface area contributed by atoms with Crippen molar-refractivity contribution in [3.63, 3.8) is 0 Å². The average molecular weight is 435 g/mol. The number of nitrogens with zero attached hydrogens (tertiary/aromatic N) is 2. The van der Waals surface area contributed by atoms with Crippen molar-refractivity contribution in [1.82, 2.24) is 9.21 Å². The zero-order valence-corrected chi connectivity index (χ0v) is 19.1. The SMILES string of the molecule is CCN1CCN(S(=O)Cc2ccc(OC)c(-c3ccccc3)c2)CC1c1ccccc1. The normalized spacial score (nSPS) is 18.6. The molecule has 2 unspecified atom stereocenters. The van der Waals surface area contributed by atoms with Gasteiger partial charge in [0.25, 0.3) is 0 Å². The average Bonchev–Trinajstić information content (AvgIpc) is 2.84. The van der Waals surface area contributed by atoms with Gasteiger partial charge < -0.3 is 4.74 Å². The highest BCUT2D eigenvalue weighted by Gasteiger charge is 2.29. The fourth-order valence-corrected chi connectivity index (χ4v) is 5.51. The highest BCUT2D eigenvalue weighted by molar-refractivity contribution is 7.81. The summed E-state index contributed by atoms with van der Waals surface area (Å²) in [5.74, 6) is 1.35. The molecule has 3 aromatic carbocycles. The molecule has 0 spiro atoms. The fourth-order valence-electron chi connectivity index (χ4n) is 4.27. The van der Waals surface area contributed by atoms with Gasteiger partial charge in [0.1, 0.15) is 5.75 Å². The van der Waals surface area contributed by atoms with Crippen LogP contribution in [-0.4, -0.2) is 46.7 Å². The molecule has 1 fully saturated rings. The summed E-state index contributed by atoms with van der Waals surface area (Å²) in [5.41, 5.74) is 4.50. The molecule has 0 aliphatic carbocycles. The van der Waals surface area contributed by atoms with E-state index in [4.69, 9.17) is 4.74 Å². The van der Waals surface area contributed by atoms with Crippen LogP contribution < -0.4 is 4.74 Å². The van der Waals surface area contributed by atoms with Crippen LogP contribution in [0.4, 0.5) is 0 Å². The first-order valence-corrected chi connectivity index (χ1v) is 12.1. The second-order valence-corrected chi connectivity index (χ2v) is 9.26. The van der Waals surface area contributed by atoms with E-state index in [0.717, 1.165) is 48.6 Å². The molecule has 1 heterocycles. The van der Waals surface area contributed by atoms with Gasteiger partial charge in [-0.1, -0.05) is 73.7 Å². The number of hydrogen-bond acceptors (Lipinski definition) is 3. The largest absolute Gasteiger partial charge is 0.496 e. The van der Waals surface area contributed by atoms with Crippen molar-refractivity contribution in [2.45, 2.75) is 18.7 Å². The Morgan fingerprint density at radius 1 is 0.968 bits per heavy atom. The van der Waals surface area contributed by atoms with E-state index >= 15 is 0 Å².